The fourth-order valence-electron chi connectivity index (χ4n) is 5.31. The van der Waals surface area contributed by atoms with Crippen LogP contribution in [0.1, 0.15) is 5.56 Å². The van der Waals surface area contributed by atoms with Crippen LogP contribution in [0.2, 0.25) is 0 Å². The number of rotatable bonds is 7. The Morgan fingerprint density at radius 2 is 1.60 bits per heavy atom. The van der Waals surface area contributed by atoms with E-state index in [4.69, 9.17) is 9.98 Å². The number of anilines is 1. The number of fused-ring (bicyclic) bond motifs is 2. The third kappa shape index (κ3) is 5.58. The van der Waals surface area contributed by atoms with Gasteiger partial charge in [0.25, 0.3) is 15.6 Å². The van der Waals surface area contributed by atoms with E-state index >= 15 is 0 Å². The smallest absolute Gasteiger partial charge is 0.265 e. The number of sulfonamides is 1. The van der Waals surface area contributed by atoms with Gasteiger partial charge in [-0.2, -0.15) is 0 Å². The van der Waals surface area contributed by atoms with Gasteiger partial charge in [0.2, 0.25) is 5.88 Å². The molecule has 0 fully saturated rings. The standard InChI is InChI=1S/C35H23BrFN5O4S/c36-23-17-18-31-39-32(22-9-2-1-3-10-22)33(41(31)21-23)38-20-28-26-13-4-5-14-27(26)34(43)42(35(28)44)24-11-8-12-25(19-24)47(45,46)40-30-16-7-6-15-29(30)37/h1-21,40,44H/b38-20+. The fourth-order valence-corrected chi connectivity index (χ4v) is 6.75. The predicted octanol–water partition coefficient (Wildman–Crippen LogP) is 7.46. The molecule has 9 nitrogen and oxygen atoms in total. The van der Waals surface area contributed by atoms with Crippen molar-refractivity contribution in [3.63, 3.8) is 0 Å². The van der Waals surface area contributed by atoms with Crippen molar-refractivity contribution in [1.82, 2.24) is 14.0 Å². The zero-order chi connectivity index (χ0) is 32.7. The molecule has 2 N–H and O–H groups in total. The molecule has 3 heterocycles. The van der Waals surface area contributed by atoms with Crippen LogP contribution in [0.5, 0.6) is 5.88 Å². The Balaban J connectivity index is 1.39. The van der Waals surface area contributed by atoms with Gasteiger partial charge in [-0.3, -0.25) is 13.9 Å². The molecule has 7 rings (SSSR count). The van der Waals surface area contributed by atoms with E-state index in [0.717, 1.165) is 20.7 Å². The molecule has 0 aliphatic carbocycles. The van der Waals surface area contributed by atoms with Crippen LogP contribution in [-0.2, 0) is 10.0 Å². The Labute approximate surface area is 276 Å². The number of nitrogens with one attached hydrogen (secondary N) is 1. The number of aliphatic imine (C=N–C) groups is 1. The van der Waals surface area contributed by atoms with E-state index in [-0.39, 0.29) is 27.2 Å². The molecule has 0 saturated carbocycles. The van der Waals surface area contributed by atoms with Crippen LogP contribution in [0.25, 0.3) is 33.4 Å². The van der Waals surface area contributed by atoms with Crippen molar-refractivity contribution in [1.29, 1.82) is 0 Å². The Hall–Kier alpha value is -5.59. The molecule has 0 unspecified atom stereocenters. The molecule has 0 amide bonds. The van der Waals surface area contributed by atoms with E-state index < -0.39 is 27.3 Å². The molecular formula is C35H23BrFN5O4S. The molecule has 0 radical (unpaired) electrons. The maximum atomic E-state index is 14.3. The topological polar surface area (TPSA) is 118 Å². The highest BCUT2D eigenvalue weighted by atomic mass is 79.9. The van der Waals surface area contributed by atoms with E-state index in [1.54, 1.807) is 24.3 Å². The van der Waals surface area contributed by atoms with Crippen LogP contribution >= 0.6 is 15.9 Å². The van der Waals surface area contributed by atoms with Crippen LogP contribution in [0.3, 0.4) is 0 Å². The van der Waals surface area contributed by atoms with Crippen LogP contribution in [0.15, 0.2) is 141 Å². The van der Waals surface area contributed by atoms with Gasteiger partial charge in [0.05, 0.1) is 21.8 Å². The Morgan fingerprint density at radius 1 is 0.872 bits per heavy atom. The molecule has 0 bridgehead atoms. The lowest BCUT2D eigenvalue weighted by Crippen LogP contribution is -2.21. The molecule has 0 aliphatic heterocycles. The third-order valence-corrected chi connectivity index (χ3v) is 9.36. The summed E-state index contributed by atoms with van der Waals surface area (Å²) in [6.07, 6.45) is 3.30. The second-order valence-corrected chi connectivity index (χ2v) is 13.1. The number of pyridine rings is 2. The normalized spacial score (nSPS) is 11.9. The highest BCUT2D eigenvalue weighted by Crippen LogP contribution is 2.33. The summed E-state index contributed by atoms with van der Waals surface area (Å²) < 4.78 is 46.6. The minimum absolute atomic E-state index is 0.0769. The van der Waals surface area contributed by atoms with Crippen LogP contribution in [-0.4, -0.2) is 33.7 Å². The molecule has 4 aromatic carbocycles. The average molecular weight is 709 g/mol. The summed E-state index contributed by atoms with van der Waals surface area (Å²) in [5.41, 5.74) is 1.60. The van der Waals surface area contributed by atoms with Gasteiger partial charge >= 0.3 is 0 Å². The molecular weight excluding hydrogens is 685 g/mol. The van der Waals surface area contributed by atoms with Crippen molar-refractivity contribution in [2.45, 2.75) is 4.90 Å². The van der Waals surface area contributed by atoms with E-state index in [0.29, 0.717) is 22.5 Å². The predicted molar refractivity (Wildman–Crippen MR) is 184 cm³/mol. The lowest BCUT2D eigenvalue weighted by Gasteiger charge is -2.15. The quantitative estimate of drug-likeness (QED) is 0.167. The minimum Gasteiger partial charge on any atom is -0.494 e. The second kappa shape index (κ2) is 12.0. The summed E-state index contributed by atoms with van der Waals surface area (Å²) in [5.74, 6) is -0.709. The van der Waals surface area contributed by atoms with Crippen molar-refractivity contribution < 1.29 is 17.9 Å². The number of halogens is 2. The Bertz CT molecular complexity index is 2530. The van der Waals surface area contributed by atoms with Gasteiger partial charge in [-0.15, -0.1) is 0 Å². The maximum Gasteiger partial charge on any atom is 0.265 e. The molecule has 47 heavy (non-hydrogen) atoms. The molecule has 7 aromatic rings. The summed E-state index contributed by atoms with van der Waals surface area (Å²) >= 11 is 3.51. The van der Waals surface area contributed by atoms with E-state index in [1.165, 1.54) is 48.7 Å². The maximum absolute atomic E-state index is 14.3. The first-order valence-corrected chi connectivity index (χ1v) is 16.5. The molecule has 12 heteroatoms. The van der Waals surface area contributed by atoms with Crippen LogP contribution in [0, 0.1) is 5.82 Å². The van der Waals surface area contributed by atoms with Gasteiger partial charge in [0.1, 0.15) is 17.2 Å². The van der Waals surface area contributed by atoms with E-state index in [1.807, 2.05) is 53.1 Å². The summed E-state index contributed by atoms with van der Waals surface area (Å²) in [6.45, 7) is 0. The minimum atomic E-state index is -4.27. The third-order valence-electron chi connectivity index (χ3n) is 7.53. The molecule has 0 saturated heterocycles. The highest BCUT2D eigenvalue weighted by Gasteiger charge is 2.21. The average Bonchev–Trinajstić information content (AvgIpc) is 3.44. The number of hydrogen-bond donors (Lipinski definition) is 2. The first-order valence-electron chi connectivity index (χ1n) is 14.2. The van der Waals surface area contributed by atoms with Gasteiger partial charge < -0.3 is 5.11 Å². The lowest BCUT2D eigenvalue weighted by molar-refractivity contribution is 0.436. The summed E-state index contributed by atoms with van der Waals surface area (Å²) in [5, 5.41) is 12.4. The first-order chi connectivity index (χ1) is 22.7. The number of aromatic hydroxyl groups is 1. The van der Waals surface area contributed by atoms with Gasteiger partial charge in [0.15, 0.2) is 5.82 Å². The van der Waals surface area contributed by atoms with Gasteiger partial charge in [-0.05, 0) is 64.5 Å². The monoisotopic (exact) mass is 707 g/mol. The van der Waals surface area contributed by atoms with Crippen molar-refractivity contribution in [2.75, 3.05) is 4.72 Å². The summed E-state index contributed by atoms with van der Waals surface area (Å²) in [6, 6.07) is 30.9. The molecule has 3 aromatic heterocycles. The summed E-state index contributed by atoms with van der Waals surface area (Å²) in [7, 11) is -4.27. The molecule has 0 aliphatic rings. The number of nitrogens with zero attached hydrogens (tertiary/aromatic N) is 4. The summed E-state index contributed by atoms with van der Waals surface area (Å²) in [4.78, 5) is 23.2. The van der Waals surface area contributed by atoms with E-state index in [9.17, 15) is 22.7 Å². The number of hydrogen-bond acceptors (Lipinski definition) is 6. The first kappa shape index (κ1) is 30.1. The SMILES string of the molecule is O=c1c2ccccc2c(/C=N/c2c(-c3ccccc3)nc3ccc(Br)cn23)c(O)n1-c1cccc(S(=O)(=O)Nc2ccccc2F)c1. The van der Waals surface area contributed by atoms with Crippen molar-refractivity contribution in [3.8, 4) is 22.8 Å². The zero-order valence-corrected chi connectivity index (χ0v) is 26.7. The number of aromatic nitrogens is 3. The number of imidazole rings is 1. The number of benzene rings is 4. The highest BCUT2D eigenvalue weighted by molar-refractivity contribution is 9.10. The van der Waals surface area contributed by atoms with Gasteiger partial charge in [-0.1, -0.05) is 66.7 Å². The fraction of sp³-hybridized carbons (Fsp3) is 0. The molecule has 0 spiro atoms. The van der Waals surface area contributed by atoms with Crippen molar-refractivity contribution in [3.05, 3.63) is 148 Å². The largest absolute Gasteiger partial charge is 0.494 e. The lowest BCUT2D eigenvalue weighted by atomic mass is 10.1. The Morgan fingerprint density at radius 3 is 2.38 bits per heavy atom. The Kier molecular flexibility index (Phi) is 7.66. The van der Waals surface area contributed by atoms with Gasteiger partial charge in [-0.25, -0.2) is 27.4 Å². The van der Waals surface area contributed by atoms with Crippen molar-refractivity contribution in [2.24, 2.45) is 4.99 Å². The van der Waals surface area contributed by atoms with Gasteiger partial charge in [0, 0.05) is 33.2 Å². The van der Waals surface area contributed by atoms with E-state index in [2.05, 4.69) is 20.7 Å². The molecule has 0 atom stereocenters. The second-order valence-electron chi connectivity index (χ2n) is 10.5. The van der Waals surface area contributed by atoms with Crippen molar-refractivity contribution >= 4 is 60.1 Å². The zero-order valence-electron chi connectivity index (χ0n) is 24.2. The van der Waals surface area contributed by atoms with Crippen LogP contribution in [0.4, 0.5) is 15.9 Å². The number of para-hydroxylation sites is 1. The van der Waals surface area contributed by atoms with Crippen LogP contribution < -0.4 is 10.3 Å². The molecule has 232 valence electrons.